The molecule has 1 fully saturated rings. The zero-order chi connectivity index (χ0) is 29.5. The number of hydrogen-bond donors (Lipinski definition) is 1. The minimum absolute atomic E-state index is 0.0476. The third-order valence-electron chi connectivity index (χ3n) is 6.88. The van der Waals surface area contributed by atoms with Crippen molar-refractivity contribution in [2.75, 3.05) is 19.6 Å². The van der Waals surface area contributed by atoms with Gasteiger partial charge in [-0.15, -0.1) is 0 Å². The van der Waals surface area contributed by atoms with E-state index in [4.69, 9.17) is 23.2 Å². The molecule has 1 amide bonds. The van der Waals surface area contributed by atoms with Crippen molar-refractivity contribution < 1.29 is 31.9 Å². The smallest absolute Gasteiger partial charge is 0.347 e. The molecule has 5 rings (SSSR count). The second kappa shape index (κ2) is 11.2. The number of amidine groups is 1. The van der Waals surface area contributed by atoms with Crippen LogP contribution in [-0.4, -0.2) is 62.9 Å². The van der Waals surface area contributed by atoms with Crippen LogP contribution in [0.5, 0.6) is 0 Å². The molecule has 41 heavy (non-hydrogen) atoms. The van der Waals surface area contributed by atoms with Crippen molar-refractivity contribution in [1.82, 2.24) is 24.2 Å². The molecule has 1 radical (unpaired) electrons. The number of benzene rings is 1. The summed E-state index contributed by atoms with van der Waals surface area (Å²) in [6.45, 7) is 0.807. The molecule has 1 N–H and O–H groups in total. The molecule has 0 saturated carbocycles. The zero-order valence-electron chi connectivity index (χ0n) is 21.1. The van der Waals surface area contributed by atoms with Crippen LogP contribution in [0.4, 0.5) is 17.6 Å². The lowest BCUT2D eigenvalue weighted by atomic mass is 9.95. The summed E-state index contributed by atoms with van der Waals surface area (Å²) in [6.07, 6.45) is 0.146. The number of piperidine rings is 1. The molecule has 0 aliphatic carbocycles. The number of carbonyl (C=O) groups excluding carboxylic acids is 2. The Morgan fingerprint density at radius 1 is 1.15 bits per heavy atom. The van der Waals surface area contributed by atoms with Crippen LogP contribution in [0.2, 0.25) is 10.2 Å². The van der Waals surface area contributed by atoms with Gasteiger partial charge < -0.3 is 14.6 Å². The van der Waals surface area contributed by atoms with E-state index in [1.54, 1.807) is 0 Å². The molecule has 15 heteroatoms. The topological polar surface area (TPSA) is 101 Å². The van der Waals surface area contributed by atoms with Gasteiger partial charge in [-0.25, -0.2) is 9.18 Å². The van der Waals surface area contributed by atoms with Gasteiger partial charge in [-0.2, -0.15) is 18.1 Å². The van der Waals surface area contributed by atoms with Crippen LogP contribution in [0, 0.1) is 11.7 Å². The molecule has 0 spiro atoms. The summed E-state index contributed by atoms with van der Waals surface area (Å²) < 4.78 is 58.3. The van der Waals surface area contributed by atoms with Crippen molar-refractivity contribution in [1.29, 1.82) is 0 Å². The van der Waals surface area contributed by atoms with E-state index in [1.165, 1.54) is 57.1 Å². The van der Waals surface area contributed by atoms with E-state index in [-0.39, 0.29) is 58.8 Å². The van der Waals surface area contributed by atoms with E-state index in [9.17, 15) is 31.9 Å². The first-order valence-electron chi connectivity index (χ1n) is 12.4. The molecule has 0 bridgehead atoms. The quantitative estimate of drug-likeness (QED) is 0.345. The second-order valence-corrected chi connectivity index (χ2v) is 10.4. The molecule has 2 aliphatic heterocycles. The van der Waals surface area contributed by atoms with Gasteiger partial charge in [0.15, 0.2) is 6.20 Å². The first-order chi connectivity index (χ1) is 19.4. The van der Waals surface area contributed by atoms with Crippen molar-refractivity contribution in [2.45, 2.75) is 25.4 Å². The van der Waals surface area contributed by atoms with Gasteiger partial charge in [0.25, 0.3) is 11.5 Å². The highest BCUT2D eigenvalue weighted by Gasteiger charge is 2.45. The Morgan fingerprint density at radius 2 is 1.88 bits per heavy atom. The SMILES string of the molecule is O=C(c1cc(Cc2c[nH]c(=O)c3cc(Cl)c(Cl)n23)ccc1F)N1CCC(CN2C=C[N+]=C2OC(=O)C(F)(F)F)CC1. The minimum atomic E-state index is -5.15. The third-order valence-corrected chi connectivity index (χ3v) is 7.64. The Hall–Kier alpha value is -3.84. The zero-order valence-corrected chi connectivity index (χ0v) is 22.6. The van der Waals surface area contributed by atoms with Gasteiger partial charge in [0.1, 0.15) is 22.7 Å². The van der Waals surface area contributed by atoms with Crippen LogP contribution in [-0.2, 0) is 16.0 Å². The van der Waals surface area contributed by atoms with Crippen molar-refractivity contribution in [3.8, 4) is 0 Å². The second-order valence-electron chi connectivity index (χ2n) is 9.59. The predicted octanol–water partition coefficient (Wildman–Crippen LogP) is 4.10. The number of nitrogens with one attached hydrogen (secondary N) is 1. The molecule has 3 aromatic rings. The molecule has 9 nitrogen and oxygen atoms in total. The lowest BCUT2D eigenvalue weighted by Crippen LogP contribution is -2.43. The van der Waals surface area contributed by atoms with Crippen molar-refractivity contribution in [3.63, 3.8) is 0 Å². The average Bonchev–Trinajstić information content (AvgIpc) is 3.49. The minimum Gasteiger partial charge on any atom is -0.347 e. The Bertz CT molecular complexity index is 1640. The molecule has 1 aromatic carbocycles. The number of amides is 1. The fraction of sp³-hybridized carbons (Fsp3) is 0.308. The van der Waals surface area contributed by atoms with E-state index >= 15 is 0 Å². The van der Waals surface area contributed by atoms with Gasteiger partial charge in [0.05, 0.1) is 17.1 Å². The first-order valence-corrected chi connectivity index (χ1v) is 13.1. The van der Waals surface area contributed by atoms with E-state index in [2.05, 4.69) is 14.7 Å². The predicted molar refractivity (Wildman–Crippen MR) is 141 cm³/mol. The number of rotatable bonds is 5. The Morgan fingerprint density at radius 3 is 2.59 bits per heavy atom. The molecule has 2 aromatic heterocycles. The van der Waals surface area contributed by atoms with Crippen molar-refractivity contribution >= 4 is 46.6 Å². The number of alkyl halides is 3. The van der Waals surface area contributed by atoms with Gasteiger partial charge in [-0.1, -0.05) is 29.3 Å². The summed E-state index contributed by atoms with van der Waals surface area (Å²) in [5.74, 6) is -3.60. The fourth-order valence-electron chi connectivity index (χ4n) is 4.82. The number of aromatic nitrogens is 2. The summed E-state index contributed by atoms with van der Waals surface area (Å²) >= 11 is 12.4. The molecular formula is C26H21Cl2F4N5O4+. The lowest BCUT2D eigenvalue weighted by Gasteiger charge is -2.32. The van der Waals surface area contributed by atoms with E-state index < -0.39 is 29.9 Å². The molecular weight excluding hydrogens is 593 g/mol. The van der Waals surface area contributed by atoms with Crippen LogP contribution in [0.15, 0.2) is 47.7 Å². The Labute approximate surface area is 239 Å². The Kier molecular flexibility index (Phi) is 7.84. The summed E-state index contributed by atoms with van der Waals surface area (Å²) in [7, 11) is 0. The van der Waals surface area contributed by atoms with Crippen LogP contribution >= 0.6 is 23.2 Å². The average molecular weight is 614 g/mol. The van der Waals surface area contributed by atoms with Gasteiger partial charge in [-0.3, -0.25) is 14.0 Å². The van der Waals surface area contributed by atoms with Crippen molar-refractivity contribution in [3.05, 3.63) is 86.0 Å². The van der Waals surface area contributed by atoms with E-state index in [0.29, 0.717) is 24.1 Å². The lowest BCUT2D eigenvalue weighted by molar-refractivity contribution is -0.191. The molecule has 1 saturated heterocycles. The molecule has 0 unspecified atom stereocenters. The number of hydrogen-bond acceptors (Lipinski definition) is 6. The molecule has 2 aliphatic rings. The summed E-state index contributed by atoms with van der Waals surface area (Å²) in [5.41, 5.74) is 0.920. The van der Waals surface area contributed by atoms with Crippen LogP contribution in [0.1, 0.15) is 34.5 Å². The van der Waals surface area contributed by atoms with Crippen LogP contribution < -0.4 is 10.6 Å². The number of aliphatic imine (C=N–C) groups is 1. The normalized spacial score (nSPS) is 16.0. The highest BCUT2D eigenvalue weighted by atomic mass is 35.5. The van der Waals surface area contributed by atoms with E-state index in [0.717, 1.165) is 0 Å². The third kappa shape index (κ3) is 5.96. The van der Waals surface area contributed by atoms with Crippen molar-refractivity contribution in [2.24, 2.45) is 5.92 Å². The number of nitrogens with zero attached hydrogens (tertiary/aromatic N) is 4. The number of halogens is 6. The standard InChI is InChI=1S/C26H21Cl2F4N5O4/c27-18-11-20-22(38)34-12-16(37(20)21(18)28)9-15-1-2-19(29)17(10-15)23(39)35-6-3-14(4-7-35)13-36-8-5-33-25(36)41-24(40)26(30,31)32/h1-2,5,8,10-12,14H,3-4,6-7,9,13H2,(H,34,38)/q+1. The molecule has 4 heterocycles. The summed E-state index contributed by atoms with van der Waals surface area (Å²) in [4.78, 5) is 45.7. The number of esters is 1. The maximum Gasteiger partial charge on any atom is 0.506 e. The number of aromatic amines is 1. The van der Waals surface area contributed by atoms with E-state index in [1.807, 2.05) is 0 Å². The summed E-state index contributed by atoms with van der Waals surface area (Å²) in [6, 6.07) is 5.16. The first kappa shape index (κ1) is 28.7. The monoisotopic (exact) mass is 613 g/mol. The molecule has 0 atom stereocenters. The van der Waals surface area contributed by atoms with Gasteiger partial charge in [-0.05, 0) is 41.6 Å². The number of H-pyrrole nitrogens is 1. The largest absolute Gasteiger partial charge is 0.506 e. The fourth-order valence-corrected chi connectivity index (χ4v) is 5.27. The van der Waals surface area contributed by atoms with Crippen LogP contribution in [0.3, 0.4) is 0 Å². The highest BCUT2D eigenvalue weighted by Crippen LogP contribution is 2.28. The van der Waals surface area contributed by atoms with Gasteiger partial charge >= 0.3 is 18.2 Å². The number of fused-ring (bicyclic) bond motifs is 1. The Balaban J connectivity index is 1.23. The number of likely N-dealkylation sites (tertiary alicyclic amines) is 1. The molecule has 215 valence electrons. The van der Waals surface area contributed by atoms with Gasteiger partial charge in [0, 0.05) is 37.3 Å². The van der Waals surface area contributed by atoms with Gasteiger partial charge in [0.2, 0.25) is 0 Å². The van der Waals surface area contributed by atoms with Crippen LogP contribution in [0.25, 0.3) is 5.52 Å². The summed E-state index contributed by atoms with van der Waals surface area (Å²) in [5, 5.41) is 0.361. The highest BCUT2D eigenvalue weighted by molar-refractivity contribution is 6.42. The maximum absolute atomic E-state index is 14.8. The number of carbonyl (C=O) groups is 2. The maximum atomic E-state index is 14.8. The number of ether oxygens (including phenoxy) is 1.